The number of nitrogens with one attached hydrogen (secondary N) is 2. The van der Waals surface area contributed by atoms with E-state index in [1.807, 2.05) is 25.1 Å². The van der Waals surface area contributed by atoms with Crippen LogP contribution in [0.15, 0.2) is 48.7 Å². The molecule has 10 nitrogen and oxygen atoms in total. The summed E-state index contributed by atoms with van der Waals surface area (Å²) in [6.07, 6.45) is 3.81. The number of imidazole rings is 1. The molecule has 3 heterocycles. The fraction of sp³-hybridized carbons (Fsp3) is 0.345. The van der Waals surface area contributed by atoms with Crippen LogP contribution in [0.25, 0.3) is 16.9 Å². The van der Waals surface area contributed by atoms with Crippen molar-refractivity contribution >= 4 is 22.9 Å². The Kier molecular flexibility index (Phi) is 7.23. The number of amides is 1. The second-order valence-electron chi connectivity index (χ2n) is 10.2. The summed E-state index contributed by atoms with van der Waals surface area (Å²) in [6, 6.07) is 11.7. The molecule has 1 saturated carbocycles. The molecule has 0 spiro atoms. The van der Waals surface area contributed by atoms with Crippen LogP contribution in [-0.2, 0) is 4.74 Å². The zero-order chi connectivity index (χ0) is 27.6. The first-order chi connectivity index (χ1) is 19.4. The van der Waals surface area contributed by atoms with Gasteiger partial charge in [-0.2, -0.15) is 0 Å². The number of halogens is 1. The smallest absolute Gasteiger partial charge is 0.251 e. The summed E-state index contributed by atoms with van der Waals surface area (Å²) in [6.45, 7) is 6.68. The van der Waals surface area contributed by atoms with E-state index < -0.39 is 5.82 Å². The molecule has 1 aliphatic carbocycles. The lowest BCUT2D eigenvalue weighted by molar-refractivity contribution is 0.0398. The highest BCUT2D eigenvalue weighted by molar-refractivity contribution is 5.96. The third-order valence-corrected chi connectivity index (χ3v) is 7.16. The summed E-state index contributed by atoms with van der Waals surface area (Å²) >= 11 is 0. The number of fused-ring (bicyclic) bond motifs is 1. The molecule has 1 amide bonds. The van der Waals surface area contributed by atoms with Crippen LogP contribution in [0.5, 0.6) is 11.6 Å². The van der Waals surface area contributed by atoms with Crippen LogP contribution >= 0.6 is 0 Å². The Labute approximate surface area is 231 Å². The monoisotopic (exact) mass is 545 g/mol. The van der Waals surface area contributed by atoms with Gasteiger partial charge in [-0.1, -0.05) is 6.07 Å². The standard InChI is InChI=1S/C29H32FN7O3/c1-18-14-19(2-6-22(18)29(38)34-21-4-5-21)25-17-33-28-24(32-8-9-36-10-12-39-13-11-36)16-27(35-37(25)28)40-26-15-20(30)3-7-23(26)31/h2-3,6-7,14-17,21,32H,4-5,8-13,31H2,1H3,(H,34,38). The quantitative estimate of drug-likeness (QED) is 0.272. The number of aromatic nitrogens is 3. The van der Waals surface area contributed by atoms with E-state index in [4.69, 9.17) is 15.2 Å². The van der Waals surface area contributed by atoms with E-state index in [9.17, 15) is 9.18 Å². The molecule has 2 fully saturated rings. The van der Waals surface area contributed by atoms with Crippen molar-refractivity contribution in [3.8, 4) is 22.9 Å². The minimum atomic E-state index is -0.459. The normalized spacial score (nSPS) is 15.8. The number of aryl methyl sites for hydroxylation is 1. The maximum absolute atomic E-state index is 13.9. The van der Waals surface area contributed by atoms with Gasteiger partial charge in [0.15, 0.2) is 11.4 Å². The van der Waals surface area contributed by atoms with Crippen molar-refractivity contribution < 1.29 is 18.7 Å². The van der Waals surface area contributed by atoms with E-state index in [1.165, 1.54) is 18.2 Å². The van der Waals surface area contributed by atoms with Crippen molar-refractivity contribution in [3.63, 3.8) is 0 Å². The van der Waals surface area contributed by atoms with Crippen LogP contribution in [0.3, 0.4) is 0 Å². The van der Waals surface area contributed by atoms with E-state index in [2.05, 4.69) is 25.6 Å². The van der Waals surface area contributed by atoms with Gasteiger partial charge in [-0.25, -0.2) is 13.9 Å². The highest BCUT2D eigenvalue weighted by Crippen LogP contribution is 2.32. The summed E-state index contributed by atoms with van der Waals surface area (Å²) in [5.74, 6) is -0.110. The zero-order valence-corrected chi connectivity index (χ0v) is 22.3. The van der Waals surface area contributed by atoms with Gasteiger partial charge < -0.3 is 25.8 Å². The van der Waals surface area contributed by atoms with E-state index in [0.717, 1.165) is 68.2 Å². The van der Waals surface area contributed by atoms with E-state index in [-0.39, 0.29) is 23.6 Å². The Balaban J connectivity index is 1.33. The summed E-state index contributed by atoms with van der Waals surface area (Å²) in [5, 5.41) is 11.2. The average molecular weight is 546 g/mol. The van der Waals surface area contributed by atoms with Gasteiger partial charge in [0, 0.05) is 55.5 Å². The van der Waals surface area contributed by atoms with Crippen molar-refractivity contribution in [1.29, 1.82) is 0 Å². The first kappa shape index (κ1) is 26.0. The molecule has 2 aromatic carbocycles. The maximum atomic E-state index is 13.9. The first-order valence-corrected chi connectivity index (χ1v) is 13.5. The molecule has 1 saturated heterocycles. The number of morpholine rings is 1. The Bertz CT molecular complexity index is 1550. The number of nitrogens with zero attached hydrogens (tertiary/aromatic N) is 4. The van der Waals surface area contributed by atoms with Crippen molar-refractivity contribution in [3.05, 3.63) is 65.6 Å². The van der Waals surface area contributed by atoms with Crippen molar-refractivity contribution in [1.82, 2.24) is 24.8 Å². The average Bonchev–Trinajstić information content (AvgIpc) is 3.66. The summed E-state index contributed by atoms with van der Waals surface area (Å²) in [4.78, 5) is 19.6. The maximum Gasteiger partial charge on any atom is 0.251 e. The molecule has 4 aromatic rings. The molecular weight excluding hydrogens is 513 g/mol. The van der Waals surface area contributed by atoms with Gasteiger partial charge >= 0.3 is 0 Å². The Morgan fingerprint density at radius 3 is 2.77 bits per heavy atom. The number of nitrogens with two attached hydrogens (primary N) is 1. The van der Waals surface area contributed by atoms with Gasteiger partial charge in [-0.3, -0.25) is 9.69 Å². The number of anilines is 2. The second-order valence-corrected chi connectivity index (χ2v) is 10.2. The highest BCUT2D eigenvalue weighted by atomic mass is 19.1. The molecule has 6 rings (SSSR count). The van der Waals surface area contributed by atoms with Crippen LogP contribution in [-0.4, -0.2) is 70.8 Å². The van der Waals surface area contributed by atoms with E-state index in [0.29, 0.717) is 23.4 Å². The largest absolute Gasteiger partial charge is 0.435 e. The van der Waals surface area contributed by atoms with Gasteiger partial charge in [0.1, 0.15) is 5.82 Å². The number of hydrogen-bond donors (Lipinski definition) is 3. The number of hydrogen-bond acceptors (Lipinski definition) is 8. The highest BCUT2D eigenvalue weighted by Gasteiger charge is 2.25. The van der Waals surface area contributed by atoms with Crippen molar-refractivity contribution in [2.24, 2.45) is 0 Å². The number of ether oxygens (including phenoxy) is 2. The molecule has 0 atom stereocenters. The lowest BCUT2D eigenvalue weighted by Crippen LogP contribution is -2.39. The predicted molar refractivity (Wildman–Crippen MR) is 150 cm³/mol. The Morgan fingerprint density at radius 2 is 2.00 bits per heavy atom. The number of benzene rings is 2. The molecule has 0 bridgehead atoms. The third-order valence-electron chi connectivity index (χ3n) is 7.16. The number of nitrogen functional groups attached to an aromatic ring is 1. The lowest BCUT2D eigenvalue weighted by Gasteiger charge is -2.26. The molecule has 11 heteroatoms. The van der Waals surface area contributed by atoms with E-state index >= 15 is 0 Å². The second kappa shape index (κ2) is 11.1. The number of carbonyl (C=O) groups excluding carboxylic acids is 1. The first-order valence-electron chi connectivity index (χ1n) is 13.5. The zero-order valence-electron chi connectivity index (χ0n) is 22.3. The Morgan fingerprint density at radius 1 is 1.18 bits per heavy atom. The van der Waals surface area contributed by atoms with Crippen LogP contribution in [0, 0.1) is 12.7 Å². The molecule has 2 aromatic heterocycles. The SMILES string of the molecule is Cc1cc(-c2cnc3c(NCCN4CCOCC4)cc(Oc4cc(F)ccc4N)nn23)ccc1C(=O)NC1CC1. The van der Waals surface area contributed by atoms with Gasteiger partial charge in [0.05, 0.1) is 36.5 Å². The fourth-order valence-electron chi connectivity index (χ4n) is 4.77. The van der Waals surface area contributed by atoms with Crippen LogP contribution in [0.4, 0.5) is 15.8 Å². The minimum absolute atomic E-state index is 0.0575. The van der Waals surface area contributed by atoms with Gasteiger partial charge in [-0.05, 0) is 49.6 Å². The number of rotatable bonds is 9. The van der Waals surface area contributed by atoms with Gasteiger partial charge in [0.2, 0.25) is 5.88 Å². The molecule has 4 N–H and O–H groups in total. The molecule has 208 valence electrons. The summed E-state index contributed by atoms with van der Waals surface area (Å²) < 4.78 is 27.0. The molecule has 40 heavy (non-hydrogen) atoms. The van der Waals surface area contributed by atoms with Crippen molar-refractivity contribution in [2.75, 3.05) is 50.4 Å². The Hall–Kier alpha value is -4.22. The van der Waals surface area contributed by atoms with Gasteiger partial charge in [0.25, 0.3) is 5.91 Å². The van der Waals surface area contributed by atoms with Crippen LogP contribution in [0.1, 0.15) is 28.8 Å². The number of carbonyl (C=O) groups is 1. The topological polar surface area (TPSA) is 119 Å². The summed E-state index contributed by atoms with van der Waals surface area (Å²) in [5.41, 5.74) is 10.7. The van der Waals surface area contributed by atoms with E-state index in [1.54, 1.807) is 16.8 Å². The molecule has 0 unspecified atom stereocenters. The molecular formula is C29H32FN7O3. The van der Waals surface area contributed by atoms with Crippen LogP contribution < -0.4 is 21.1 Å². The molecule has 2 aliphatic rings. The summed E-state index contributed by atoms with van der Waals surface area (Å²) in [7, 11) is 0. The predicted octanol–water partition coefficient (Wildman–Crippen LogP) is 3.85. The van der Waals surface area contributed by atoms with Gasteiger partial charge in [-0.15, -0.1) is 5.10 Å². The molecule has 0 radical (unpaired) electrons. The lowest BCUT2D eigenvalue weighted by atomic mass is 10.0. The minimum Gasteiger partial charge on any atom is -0.435 e. The van der Waals surface area contributed by atoms with Crippen LogP contribution in [0.2, 0.25) is 0 Å². The third kappa shape index (κ3) is 5.70. The van der Waals surface area contributed by atoms with Crippen molar-refractivity contribution in [2.45, 2.75) is 25.8 Å². The fourth-order valence-corrected chi connectivity index (χ4v) is 4.77. The molecule has 1 aliphatic heterocycles.